The van der Waals surface area contributed by atoms with Crippen molar-refractivity contribution >= 4 is 17.2 Å². The molecule has 9 nitrogen and oxygen atoms in total. The Hall–Kier alpha value is -4.66. The standard InChI is InChI=1S/C27H27N5O4/c1-30(2)20-10-5-17(6-11-20)25-26(18-7-12-21(13-8-18)31(3)4)29-32(27(36)28-25)16-24(35)19-9-14-22(33)23(34)15-19/h5-15,33-34H,16H2,1-4H3. The molecule has 4 aromatic rings. The van der Waals surface area contributed by atoms with E-state index in [1.807, 2.05) is 86.5 Å². The first kappa shape index (κ1) is 24.5. The second-order valence-corrected chi connectivity index (χ2v) is 8.76. The van der Waals surface area contributed by atoms with Crippen LogP contribution in [0.5, 0.6) is 11.5 Å². The zero-order valence-corrected chi connectivity index (χ0v) is 20.5. The van der Waals surface area contributed by atoms with Crippen molar-refractivity contribution in [2.24, 2.45) is 0 Å². The van der Waals surface area contributed by atoms with Crippen molar-refractivity contribution in [2.75, 3.05) is 38.0 Å². The quantitative estimate of drug-likeness (QED) is 0.303. The number of rotatable bonds is 7. The summed E-state index contributed by atoms with van der Waals surface area (Å²) >= 11 is 0. The average molecular weight is 486 g/mol. The highest BCUT2D eigenvalue weighted by molar-refractivity contribution is 5.96. The normalized spacial score (nSPS) is 10.8. The lowest BCUT2D eigenvalue weighted by atomic mass is 10.0. The number of carbonyl (C=O) groups excluding carboxylic acids is 1. The molecule has 0 saturated heterocycles. The lowest BCUT2D eigenvalue weighted by Gasteiger charge is -2.15. The molecule has 0 spiro atoms. The number of nitrogens with zero attached hydrogens (tertiary/aromatic N) is 5. The van der Waals surface area contributed by atoms with Gasteiger partial charge < -0.3 is 20.0 Å². The molecule has 0 bridgehead atoms. The third kappa shape index (κ3) is 5.05. The van der Waals surface area contributed by atoms with E-state index in [2.05, 4.69) is 10.1 Å². The second kappa shape index (κ2) is 9.91. The molecule has 9 heteroatoms. The topological polar surface area (TPSA) is 112 Å². The molecule has 0 atom stereocenters. The Morgan fingerprint density at radius 1 is 0.778 bits per heavy atom. The lowest BCUT2D eigenvalue weighted by Crippen LogP contribution is -2.30. The van der Waals surface area contributed by atoms with Crippen LogP contribution in [0.3, 0.4) is 0 Å². The summed E-state index contributed by atoms with van der Waals surface area (Å²) in [7, 11) is 7.77. The van der Waals surface area contributed by atoms with Crippen LogP contribution in [-0.2, 0) is 6.54 Å². The fourth-order valence-electron chi connectivity index (χ4n) is 3.67. The summed E-state index contributed by atoms with van der Waals surface area (Å²) < 4.78 is 1.01. The van der Waals surface area contributed by atoms with Crippen LogP contribution in [0.15, 0.2) is 71.5 Å². The summed E-state index contributed by atoms with van der Waals surface area (Å²) in [5, 5.41) is 23.8. The fraction of sp³-hybridized carbons (Fsp3) is 0.185. The van der Waals surface area contributed by atoms with Gasteiger partial charge in [-0.1, -0.05) is 24.3 Å². The largest absolute Gasteiger partial charge is 0.504 e. The van der Waals surface area contributed by atoms with Gasteiger partial charge in [-0.3, -0.25) is 4.79 Å². The minimum absolute atomic E-state index is 0.138. The number of hydrogen-bond acceptors (Lipinski definition) is 8. The highest BCUT2D eigenvalue weighted by Gasteiger charge is 2.18. The first-order valence-electron chi connectivity index (χ1n) is 11.2. The van der Waals surface area contributed by atoms with E-state index in [9.17, 15) is 19.8 Å². The molecule has 184 valence electrons. The Morgan fingerprint density at radius 2 is 1.31 bits per heavy atom. The van der Waals surface area contributed by atoms with Crippen LogP contribution in [0, 0.1) is 0 Å². The predicted octanol–water partition coefficient (Wildman–Crippen LogP) is 3.40. The summed E-state index contributed by atoms with van der Waals surface area (Å²) in [5.41, 5.74) is 3.79. The molecular weight excluding hydrogens is 458 g/mol. The Labute approximate surface area is 208 Å². The highest BCUT2D eigenvalue weighted by atomic mass is 16.3. The van der Waals surface area contributed by atoms with Crippen molar-refractivity contribution in [2.45, 2.75) is 6.54 Å². The van der Waals surface area contributed by atoms with Crippen LogP contribution in [0.4, 0.5) is 11.4 Å². The third-order valence-electron chi connectivity index (χ3n) is 5.78. The van der Waals surface area contributed by atoms with E-state index in [0.29, 0.717) is 11.4 Å². The smallest absolute Gasteiger partial charge is 0.365 e. The molecule has 0 radical (unpaired) electrons. The number of benzene rings is 3. The van der Waals surface area contributed by atoms with Crippen LogP contribution in [0.2, 0.25) is 0 Å². The molecule has 2 N–H and O–H groups in total. The van der Waals surface area contributed by atoms with Crippen LogP contribution >= 0.6 is 0 Å². The molecule has 0 aliphatic rings. The van der Waals surface area contributed by atoms with Crippen molar-refractivity contribution < 1.29 is 15.0 Å². The molecule has 0 saturated carbocycles. The number of carbonyl (C=O) groups is 1. The molecular formula is C27H27N5O4. The summed E-state index contributed by atoms with van der Waals surface area (Å²) in [6.45, 7) is -0.376. The summed E-state index contributed by atoms with van der Waals surface area (Å²) in [4.78, 5) is 34.0. The second-order valence-electron chi connectivity index (χ2n) is 8.76. The summed E-state index contributed by atoms with van der Waals surface area (Å²) in [6, 6.07) is 19.0. The Kier molecular flexibility index (Phi) is 6.73. The van der Waals surface area contributed by atoms with Gasteiger partial charge in [0.25, 0.3) is 0 Å². The number of phenols is 2. The van der Waals surface area contributed by atoms with Crippen LogP contribution in [0.1, 0.15) is 10.4 Å². The minimum Gasteiger partial charge on any atom is -0.504 e. The van der Waals surface area contributed by atoms with Crippen LogP contribution in [-0.4, -0.2) is 59.0 Å². The molecule has 0 amide bonds. The first-order valence-corrected chi connectivity index (χ1v) is 11.2. The van der Waals surface area contributed by atoms with Gasteiger partial charge in [-0.15, -0.1) is 0 Å². The van der Waals surface area contributed by atoms with Crippen molar-refractivity contribution in [1.82, 2.24) is 14.8 Å². The van der Waals surface area contributed by atoms with Gasteiger partial charge in [0.1, 0.15) is 17.9 Å². The molecule has 0 fully saturated rings. The summed E-state index contributed by atoms with van der Waals surface area (Å²) in [6.07, 6.45) is 0. The SMILES string of the molecule is CN(C)c1ccc(-c2nc(=O)n(CC(=O)c3ccc(O)c(O)c3)nc2-c2ccc(N(C)C)cc2)cc1. The molecule has 0 aliphatic carbocycles. The van der Waals surface area contributed by atoms with Gasteiger partial charge in [-0.05, 0) is 42.5 Å². The minimum atomic E-state index is -0.674. The highest BCUT2D eigenvalue weighted by Crippen LogP contribution is 2.30. The third-order valence-corrected chi connectivity index (χ3v) is 5.78. The molecule has 36 heavy (non-hydrogen) atoms. The summed E-state index contributed by atoms with van der Waals surface area (Å²) in [5.74, 6) is -1.22. The van der Waals surface area contributed by atoms with Crippen LogP contribution < -0.4 is 15.5 Å². The maximum Gasteiger partial charge on any atom is 0.365 e. The van der Waals surface area contributed by atoms with E-state index in [0.717, 1.165) is 33.2 Å². The molecule has 1 aromatic heterocycles. The lowest BCUT2D eigenvalue weighted by molar-refractivity contribution is 0.0964. The number of Topliss-reactive ketones (excluding diaryl/α,β-unsaturated/α-hetero) is 1. The molecule has 0 aliphatic heterocycles. The Morgan fingerprint density at radius 3 is 1.81 bits per heavy atom. The van der Waals surface area contributed by atoms with E-state index in [-0.39, 0.29) is 17.9 Å². The Balaban J connectivity index is 1.80. The van der Waals surface area contributed by atoms with E-state index in [1.54, 1.807) is 0 Å². The van der Waals surface area contributed by atoms with E-state index >= 15 is 0 Å². The molecule has 4 rings (SSSR count). The zero-order chi connectivity index (χ0) is 26.0. The van der Waals surface area contributed by atoms with Gasteiger partial charge in [-0.25, -0.2) is 9.48 Å². The van der Waals surface area contributed by atoms with E-state index < -0.39 is 17.2 Å². The van der Waals surface area contributed by atoms with E-state index in [4.69, 9.17) is 0 Å². The zero-order valence-electron chi connectivity index (χ0n) is 20.5. The number of phenolic OH excluding ortho intramolecular Hbond substituents is 2. The molecule has 3 aromatic carbocycles. The van der Waals surface area contributed by atoms with Gasteiger partial charge in [0.15, 0.2) is 17.3 Å². The maximum atomic E-state index is 12.9. The van der Waals surface area contributed by atoms with Gasteiger partial charge in [0.05, 0.1) is 0 Å². The van der Waals surface area contributed by atoms with Gasteiger partial charge >= 0.3 is 5.69 Å². The van der Waals surface area contributed by atoms with Crippen molar-refractivity contribution in [3.63, 3.8) is 0 Å². The number of aromatic hydroxyl groups is 2. The van der Waals surface area contributed by atoms with Gasteiger partial charge in [0, 0.05) is 56.3 Å². The van der Waals surface area contributed by atoms with Gasteiger partial charge in [-0.2, -0.15) is 10.1 Å². The van der Waals surface area contributed by atoms with Crippen LogP contribution in [0.25, 0.3) is 22.5 Å². The fourth-order valence-corrected chi connectivity index (χ4v) is 3.67. The average Bonchev–Trinajstić information content (AvgIpc) is 2.86. The van der Waals surface area contributed by atoms with Crippen molar-refractivity contribution in [3.05, 3.63) is 82.8 Å². The number of aromatic nitrogens is 3. The predicted molar refractivity (Wildman–Crippen MR) is 140 cm³/mol. The van der Waals surface area contributed by atoms with E-state index in [1.165, 1.54) is 12.1 Å². The molecule has 1 heterocycles. The maximum absolute atomic E-state index is 12.9. The van der Waals surface area contributed by atoms with Crippen molar-refractivity contribution in [3.8, 4) is 34.0 Å². The first-order chi connectivity index (χ1) is 17.1. The Bertz CT molecular complexity index is 1460. The number of anilines is 2. The monoisotopic (exact) mass is 485 g/mol. The number of ketones is 1. The molecule has 0 unspecified atom stereocenters. The number of hydrogen-bond donors (Lipinski definition) is 2. The van der Waals surface area contributed by atoms with Crippen molar-refractivity contribution in [1.29, 1.82) is 0 Å². The van der Waals surface area contributed by atoms with Gasteiger partial charge in [0.2, 0.25) is 0 Å².